The molecule has 0 aromatic carbocycles. The molecule has 0 radical (unpaired) electrons. The summed E-state index contributed by atoms with van der Waals surface area (Å²) >= 11 is 0. The van der Waals surface area contributed by atoms with Gasteiger partial charge in [0.25, 0.3) is 0 Å². The summed E-state index contributed by atoms with van der Waals surface area (Å²) in [5.74, 6) is 0. The van der Waals surface area contributed by atoms with Crippen molar-refractivity contribution in [3.05, 3.63) is 0 Å². The standard InChI is InChI=1S/C10H22FNO3S/c1-3-4-5-6-7-8-10(11)12-16(14,15)9(2)13/h9-10,12-13H,3-8H2,1-2H3. The highest BCUT2D eigenvalue weighted by atomic mass is 32.2. The summed E-state index contributed by atoms with van der Waals surface area (Å²) in [5.41, 5.74) is -1.58. The van der Waals surface area contributed by atoms with Crippen molar-refractivity contribution in [1.82, 2.24) is 4.72 Å². The van der Waals surface area contributed by atoms with Crippen molar-refractivity contribution in [2.75, 3.05) is 0 Å². The summed E-state index contributed by atoms with van der Waals surface area (Å²) in [6.07, 6.45) is 3.42. The van der Waals surface area contributed by atoms with Gasteiger partial charge < -0.3 is 5.11 Å². The number of rotatable bonds is 9. The van der Waals surface area contributed by atoms with Gasteiger partial charge >= 0.3 is 0 Å². The molecule has 0 fully saturated rings. The lowest BCUT2D eigenvalue weighted by Gasteiger charge is -2.12. The molecule has 2 atom stereocenters. The third-order valence-electron chi connectivity index (χ3n) is 2.30. The molecule has 16 heavy (non-hydrogen) atoms. The second kappa shape index (κ2) is 7.97. The summed E-state index contributed by atoms with van der Waals surface area (Å²) in [6, 6.07) is 0. The van der Waals surface area contributed by atoms with Crippen LogP contribution < -0.4 is 4.72 Å². The molecule has 0 bridgehead atoms. The molecular formula is C10H22FNO3S. The number of unbranched alkanes of at least 4 members (excludes halogenated alkanes) is 4. The van der Waals surface area contributed by atoms with E-state index in [1.165, 1.54) is 0 Å². The fourth-order valence-electron chi connectivity index (χ4n) is 1.26. The van der Waals surface area contributed by atoms with Crippen molar-refractivity contribution in [1.29, 1.82) is 0 Å². The predicted molar refractivity (Wildman–Crippen MR) is 62.0 cm³/mol. The van der Waals surface area contributed by atoms with Gasteiger partial charge in [0.2, 0.25) is 10.0 Å². The van der Waals surface area contributed by atoms with Gasteiger partial charge in [-0.3, -0.25) is 0 Å². The van der Waals surface area contributed by atoms with Crippen LogP contribution in [0, 0.1) is 0 Å². The first-order chi connectivity index (χ1) is 7.40. The molecule has 0 saturated carbocycles. The van der Waals surface area contributed by atoms with E-state index >= 15 is 0 Å². The van der Waals surface area contributed by atoms with Crippen LogP contribution in [0.1, 0.15) is 52.4 Å². The highest BCUT2D eigenvalue weighted by Gasteiger charge is 2.21. The molecule has 0 aliphatic rings. The zero-order chi connectivity index (χ0) is 12.6. The van der Waals surface area contributed by atoms with Gasteiger partial charge in [0, 0.05) is 0 Å². The molecule has 0 spiro atoms. The van der Waals surface area contributed by atoms with Crippen molar-refractivity contribution in [3.8, 4) is 0 Å². The third kappa shape index (κ3) is 7.14. The molecule has 0 aliphatic heterocycles. The number of hydrogen-bond acceptors (Lipinski definition) is 3. The van der Waals surface area contributed by atoms with Crippen LogP contribution in [0.25, 0.3) is 0 Å². The van der Waals surface area contributed by atoms with Crippen LogP contribution in [-0.4, -0.2) is 25.3 Å². The average molecular weight is 255 g/mol. The zero-order valence-electron chi connectivity index (χ0n) is 9.95. The van der Waals surface area contributed by atoms with E-state index in [4.69, 9.17) is 5.11 Å². The maximum absolute atomic E-state index is 13.2. The summed E-state index contributed by atoms with van der Waals surface area (Å²) < 4.78 is 37.1. The number of aliphatic hydroxyl groups is 1. The molecule has 0 heterocycles. The quantitative estimate of drug-likeness (QED) is 0.488. The number of halogens is 1. The van der Waals surface area contributed by atoms with E-state index in [2.05, 4.69) is 6.92 Å². The first-order valence-electron chi connectivity index (χ1n) is 5.73. The van der Waals surface area contributed by atoms with Crippen molar-refractivity contribution in [2.24, 2.45) is 0 Å². The summed E-state index contributed by atoms with van der Waals surface area (Å²) in [7, 11) is -3.91. The fourth-order valence-corrected chi connectivity index (χ4v) is 1.93. The predicted octanol–water partition coefficient (Wildman–Crippen LogP) is 1.90. The first-order valence-corrected chi connectivity index (χ1v) is 7.28. The maximum atomic E-state index is 13.2. The molecule has 4 nitrogen and oxygen atoms in total. The van der Waals surface area contributed by atoms with Crippen molar-refractivity contribution in [2.45, 2.75) is 64.1 Å². The average Bonchev–Trinajstić information content (AvgIpc) is 2.16. The molecule has 0 amide bonds. The normalized spacial score (nSPS) is 16.0. The number of alkyl halides is 1. The van der Waals surface area contributed by atoms with Gasteiger partial charge in [-0.05, 0) is 19.8 Å². The van der Waals surface area contributed by atoms with Crippen molar-refractivity contribution < 1.29 is 17.9 Å². The minimum absolute atomic E-state index is 0.162. The Morgan fingerprint density at radius 2 is 1.81 bits per heavy atom. The molecule has 0 aliphatic carbocycles. The Morgan fingerprint density at radius 3 is 2.31 bits per heavy atom. The van der Waals surface area contributed by atoms with E-state index in [0.717, 1.165) is 32.6 Å². The summed E-state index contributed by atoms with van der Waals surface area (Å²) in [5, 5.41) is 8.85. The topological polar surface area (TPSA) is 66.4 Å². The van der Waals surface area contributed by atoms with Gasteiger partial charge in [0.05, 0.1) is 0 Å². The molecule has 0 aromatic rings. The number of aliphatic hydroxyl groups excluding tert-OH is 1. The number of sulfonamides is 1. The van der Waals surface area contributed by atoms with Crippen LogP contribution in [0.15, 0.2) is 0 Å². The van der Waals surface area contributed by atoms with Crippen LogP contribution in [0.5, 0.6) is 0 Å². The van der Waals surface area contributed by atoms with E-state index in [-0.39, 0.29) is 6.42 Å². The molecule has 0 rings (SSSR count). The molecule has 98 valence electrons. The smallest absolute Gasteiger partial charge is 0.240 e. The summed E-state index contributed by atoms with van der Waals surface area (Å²) in [6.45, 7) is 3.19. The number of hydrogen-bond donors (Lipinski definition) is 2. The SMILES string of the molecule is CCCCCCCC(F)NS(=O)(=O)C(C)O. The lowest BCUT2D eigenvalue weighted by atomic mass is 10.1. The van der Waals surface area contributed by atoms with Crippen LogP contribution >= 0.6 is 0 Å². The Kier molecular flexibility index (Phi) is 7.87. The van der Waals surface area contributed by atoms with Crippen LogP contribution in [-0.2, 0) is 10.0 Å². The number of nitrogens with one attached hydrogen (secondary N) is 1. The lowest BCUT2D eigenvalue weighted by Crippen LogP contribution is -2.37. The van der Waals surface area contributed by atoms with E-state index in [9.17, 15) is 12.8 Å². The molecule has 2 N–H and O–H groups in total. The van der Waals surface area contributed by atoms with Crippen LogP contribution in [0.2, 0.25) is 0 Å². The Labute approximate surface area is 97.3 Å². The monoisotopic (exact) mass is 255 g/mol. The van der Waals surface area contributed by atoms with Gasteiger partial charge in [-0.25, -0.2) is 12.8 Å². The summed E-state index contributed by atoms with van der Waals surface area (Å²) in [4.78, 5) is 0. The van der Waals surface area contributed by atoms with Crippen LogP contribution in [0.4, 0.5) is 4.39 Å². The van der Waals surface area contributed by atoms with Gasteiger partial charge in [-0.1, -0.05) is 32.6 Å². The lowest BCUT2D eigenvalue weighted by molar-refractivity contribution is 0.249. The van der Waals surface area contributed by atoms with Gasteiger partial charge in [0.1, 0.15) is 0 Å². The molecule has 0 aromatic heterocycles. The fraction of sp³-hybridized carbons (Fsp3) is 1.00. The van der Waals surface area contributed by atoms with Crippen molar-refractivity contribution >= 4 is 10.0 Å². The highest BCUT2D eigenvalue weighted by molar-refractivity contribution is 7.89. The third-order valence-corrected chi connectivity index (χ3v) is 3.78. The van der Waals surface area contributed by atoms with Gasteiger partial charge in [0.15, 0.2) is 11.7 Å². The van der Waals surface area contributed by atoms with Crippen molar-refractivity contribution in [3.63, 3.8) is 0 Å². The second-order valence-corrected chi connectivity index (χ2v) is 5.94. The van der Waals surface area contributed by atoms with Crippen LogP contribution in [0.3, 0.4) is 0 Å². The van der Waals surface area contributed by atoms with E-state index in [0.29, 0.717) is 6.42 Å². The molecule has 6 heteroatoms. The van der Waals surface area contributed by atoms with Gasteiger partial charge in [-0.2, -0.15) is 4.72 Å². The molecule has 0 saturated heterocycles. The Balaban J connectivity index is 3.71. The molecular weight excluding hydrogens is 233 g/mol. The Hall–Kier alpha value is -0.200. The maximum Gasteiger partial charge on any atom is 0.240 e. The second-order valence-electron chi connectivity index (χ2n) is 3.93. The molecule has 2 unspecified atom stereocenters. The highest BCUT2D eigenvalue weighted by Crippen LogP contribution is 2.09. The Bertz CT molecular complexity index is 267. The first kappa shape index (κ1) is 15.8. The minimum atomic E-state index is -3.91. The van der Waals surface area contributed by atoms with E-state index in [1.54, 1.807) is 4.72 Å². The Morgan fingerprint density at radius 1 is 1.25 bits per heavy atom. The minimum Gasteiger partial charge on any atom is -0.376 e. The zero-order valence-corrected chi connectivity index (χ0v) is 10.8. The largest absolute Gasteiger partial charge is 0.376 e. The van der Waals surface area contributed by atoms with E-state index < -0.39 is 21.8 Å². The van der Waals surface area contributed by atoms with Gasteiger partial charge in [-0.15, -0.1) is 0 Å². The van der Waals surface area contributed by atoms with E-state index in [1.807, 2.05) is 0 Å².